The Hall–Kier alpha value is -5.38. The van der Waals surface area contributed by atoms with E-state index >= 15 is 0 Å². The van der Waals surface area contributed by atoms with Crippen LogP contribution in [0.1, 0.15) is 67.2 Å². The van der Waals surface area contributed by atoms with E-state index in [1.165, 1.54) is 28.6 Å². The van der Waals surface area contributed by atoms with Gasteiger partial charge in [0.05, 0.1) is 36.9 Å². The number of nitrogens with zero attached hydrogens (tertiary/aromatic N) is 6. The quantitative estimate of drug-likeness (QED) is 0.0209. The number of rotatable bonds is 17. The Balaban J connectivity index is 0.000000373. The third-order valence-corrected chi connectivity index (χ3v) is 13.0. The second-order valence-corrected chi connectivity index (χ2v) is 17.9. The number of aliphatic hydroxyl groups excluding tert-OH is 1. The predicted octanol–water partition coefficient (Wildman–Crippen LogP) is 1.98. The van der Waals surface area contributed by atoms with Crippen LogP contribution in [0.25, 0.3) is 0 Å². The molecule has 0 spiro atoms. The molecule has 2 aromatic carbocycles. The number of benzene rings is 2. The summed E-state index contributed by atoms with van der Waals surface area (Å²) < 4.78 is 5.58. The summed E-state index contributed by atoms with van der Waals surface area (Å²) in [6.45, 7) is 20.0. The lowest BCUT2D eigenvalue weighted by Crippen LogP contribution is -2.58. The number of amidine groups is 2. The summed E-state index contributed by atoms with van der Waals surface area (Å²) in [5.74, 6) is 16.4. The van der Waals surface area contributed by atoms with Crippen molar-refractivity contribution in [3.63, 3.8) is 0 Å². The van der Waals surface area contributed by atoms with Gasteiger partial charge in [0, 0.05) is 36.0 Å². The molecular formula is C47H76N14O6S2. The number of hydrogen-bond donors (Lipinski definition) is 9. The highest BCUT2D eigenvalue weighted by Gasteiger charge is 2.38. The zero-order valence-electron chi connectivity index (χ0n) is 41.4. The summed E-state index contributed by atoms with van der Waals surface area (Å²) in [6.07, 6.45) is 2.11. The van der Waals surface area contributed by atoms with Gasteiger partial charge in [0.25, 0.3) is 0 Å². The smallest absolute Gasteiger partial charge is 0.248 e. The number of aliphatic hydroxyl groups is 1. The first kappa shape index (κ1) is 59.7. The molecule has 22 heteroatoms. The van der Waals surface area contributed by atoms with E-state index in [4.69, 9.17) is 16.4 Å². The minimum Gasteiger partial charge on any atom is -0.391 e. The molecular weight excluding hydrogens is 921 g/mol. The Morgan fingerprint density at radius 3 is 2.00 bits per heavy atom. The minimum atomic E-state index is -1.04. The SMILES string of the molecule is C=C.CC#CCO[C@H](C)[C@H](NC(=O)[C@H](C)NC)C(=O)N1CCCC1.CCN1NNN=C1Sc1ccccc1.CN[C@@H](C)C(=O)N[C@H](C(=O)N1CCC[C@H]1CN(N)/C(=N\N)Sc1ccccc1)[C@@H](C)O. The zero-order valence-corrected chi connectivity index (χ0v) is 43.1. The van der Waals surface area contributed by atoms with Crippen molar-refractivity contribution >= 4 is 57.5 Å². The van der Waals surface area contributed by atoms with Crippen molar-refractivity contribution in [1.82, 2.24) is 52.2 Å². The number of ether oxygens (including phenoxy) is 1. The van der Waals surface area contributed by atoms with E-state index in [1.54, 1.807) is 63.4 Å². The van der Waals surface area contributed by atoms with Crippen LogP contribution in [0.15, 0.2) is 93.8 Å². The number of thioether (sulfide) groups is 2. The third-order valence-electron chi connectivity index (χ3n) is 11.0. The number of hydrogen-bond acceptors (Lipinski definition) is 17. The number of likely N-dealkylation sites (N-methyl/N-ethyl adjacent to an activating group) is 2. The number of likely N-dealkylation sites (tertiary alicyclic amines) is 2. The fraction of sp³-hybridized carbons (Fsp3) is 0.532. The van der Waals surface area contributed by atoms with E-state index in [1.807, 2.05) is 53.5 Å². The molecule has 2 saturated heterocycles. The Labute approximate surface area is 417 Å². The van der Waals surface area contributed by atoms with Gasteiger partial charge in [-0.25, -0.2) is 11.4 Å². The number of nitrogens with one attached hydrogen (secondary N) is 6. The first-order chi connectivity index (χ1) is 33.2. The van der Waals surface area contributed by atoms with Crippen LogP contribution < -0.4 is 44.0 Å². The molecule has 20 nitrogen and oxygen atoms in total. The van der Waals surface area contributed by atoms with Crippen LogP contribution in [0.3, 0.4) is 0 Å². The zero-order chi connectivity index (χ0) is 51.3. The second kappa shape index (κ2) is 33.2. The molecule has 4 amide bonds. The number of carbonyl (C=O) groups is 4. The lowest BCUT2D eigenvalue weighted by molar-refractivity contribution is -0.140. The summed E-state index contributed by atoms with van der Waals surface area (Å²) >= 11 is 2.97. The summed E-state index contributed by atoms with van der Waals surface area (Å²) in [5.41, 5.74) is 5.67. The van der Waals surface area contributed by atoms with Crippen molar-refractivity contribution in [2.75, 3.05) is 53.4 Å². The van der Waals surface area contributed by atoms with Gasteiger partial charge in [-0.15, -0.1) is 29.7 Å². The Morgan fingerprint density at radius 1 is 0.913 bits per heavy atom. The average Bonchev–Trinajstić information content (AvgIpc) is 4.18. The maximum absolute atomic E-state index is 13.2. The van der Waals surface area contributed by atoms with Gasteiger partial charge in [0.15, 0.2) is 0 Å². The molecule has 0 saturated carbocycles. The van der Waals surface area contributed by atoms with Crippen molar-refractivity contribution in [3.05, 3.63) is 73.8 Å². The standard InChI is InChI=1S/C20H33N7O3S.C16H27N3O3.C9H12N4S.C2H4/c1-13(23-3)18(29)24-17(14(2)28)19(30)26-11-7-8-15(26)12-27(22)20(25-21)31-16-9-5-4-6-10-16;1-5-6-11-22-13(3)14(18-15(20)12(2)17-4)16(21)19-9-7-8-10-19;1-2-13-9(10-11-12-13)14-8-6-4-3-5-7-8;1-2/h4-6,9-10,13-15,17,23,28H,7-8,11-12,21-22H2,1-3H3,(H,24,29);12-14,17H,7-11H2,1-4H3,(H,18,20);3-7,11-12H,2H2,1H3;1-2H2/b25-20+;;;/t13-,14+,15-,17-;12-,13+,14-;;/m00../s1. The van der Waals surface area contributed by atoms with Crippen molar-refractivity contribution in [2.45, 2.75) is 119 Å². The fourth-order valence-corrected chi connectivity index (χ4v) is 8.37. The number of hydrazine groups is 3. The van der Waals surface area contributed by atoms with E-state index in [-0.39, 0.29) is 42.3 Å². The van der Waals surface area contributed by atoms with Gasteiger partial charge in [0.2, 0.25) is 34.0 Å². The van der Waals surface area contributed by atoms with Crippen molar-refractivity contribution in [2.24, 2.45) is 21.9 Å². The van der Waals surface area contributed by atoms with E-state index in [9.17, 15) is 24.3 Å². The third kappa shape index (κ3) is 20.2. The number of hydrazone groups is 2. The van der Waals surface area contributed by atoms with Gasteiger partial charge in [0.1, 0.15) is 18.7 Å². The minimum absolute atomic E-state index is 0.0777. The van der Waals surface area contributed by atoms with Crippen molar-refractivity contribution < 1.29 is 29.0 Å². The van der Waals surface area contributed by atoms with E-state index in [2.05, 4.69) is 86.6 Å². The molecule has 69 heavy (non-hydrogen) atoms. The van der Waals surface area contributed by atoms with Crippen LogP contribution >= 0.6 is 23.5 Å². The van der Waals surface area contributed by atoms with Gasteiger partial charge in [-0.3, -0.25) is 29.2 Å². The number of amides is 4. The highest BCUT2D eigenvalue weighted by molar-refractivity contribution is 8.14. The number of carbonyl (C=O) groups excluding carboxylic acids is 4. The maximum Gasteiger partial charge on any atom is 0.248 e. The van der Waals surface area contributed by atoms with E-state index in [0.29, 0.717) is 18.3 Å². The van der Waals surface area contributed by atoms with E-state index < -0.39 is 30.3 Å². The monoisotopic (exact) mass is 997 g/mol. The van der Waals surface area contributed by atoms with Crippen molar-refractivity contribution in [3.8, 4) is 11.8 Å². The van der Waals surface area contributed by atoms with Crippen LogP contribution in [0.5, 0.6) is 0 Å². The van der Waals surface area contributed by atoms with Crippen molar-refractivity contribution in [1.29, 1.82) is 0 Å². The molecule has 11 N–H and O–H groups in total. The molecule has 382 valence electrons. The second-order valence-electron chi connectivity index (χ2n) is 15.8. The highest BCUT2D eigenvalue weighted by atomic mass is 32.2. The van der Waals surface area contributed by atoms with E-state index in [0.717, 1.165) is 55.4 Å². The van der Waals surface area contributed by atoms with Crippen LogP contribution in [-0.4, -0.2) is 155 Å². The molecule has 0 aliphatic carbocycles. The molecule has 0 unspecified atom stereocenters. The molecule has 0 radical (unpaired) electrons. The average molecular weight is 997 g/mol. The first-order valence-electron chi connectivity index (χ1n) is 23.0. The molecule has 3 aliphatic rings. The van der Waals surface area contributed by atoms with Crippen LogP contribution in [0.2, 0.25) is 0 Å². The fourth-order valence-electron chi connectivity index (χ4n) is 6.74. The topological polar surface area (TPSA) is 260 Å². The number of nitrogens with two attached hydrogens (primary N) is 2. The molecule has 3 aliphatic heterocycles. The lowest BCUT2D eigenvalue weighted by atomic mass is 10.1. The van der Waals surface area contributed by atoms with Gasteiger partial charge in [-0.1, -0.05) is 42.3 Å². The van der Waals surface area contributed by atoms with Crippen LogP contribution in [0.4, 0.5) is 0 Å². The van der Waals surface area contributed by atoms with Crippen LogP contribution in [0, 0.1) is 11.8 Å². The summed E-state index contributed by atoms with van der Waals surface area (Å²) in [5, 5.41) is 34.0. The maximum atomic E-state index is 13.2. The highest BCUT2D eigenvalue weighted by Crippen LogP contribution is 2.24. The normalized spacial score (nSPS) is 17.7. The summed E-state index contributed by atoms with van der Waals surface area (Å²) in [6, 6.07) is 17.0. The molecule has 5 rings (SSSR count). The Kier molecular flexibility index (Phi) is 28.8. The summed E-state index contributed by atoms with van der Waals surface area (Å²) in [4.78, 5) is 55.8. The first-order valence-corrected chi connectivity index (χ1v) is 24.7. The Morgan fingerprint density at radius 2 is 1.48 bits per heavy atom. The molecule has 2 fully saturated rings. The molecule has 0 aromatic heterocycles. The van der Waals surface area contributed by atoms with Gasteiger partial charge < -0.3 is 46.8 Å². The molecule has 2 aromatic rings. The van der Waals surface area contributed by atoms with Gasteiger partial charge >= 0.3 is 0 Å². The molecule has 3 heterocycles. The van der Waals surface area contributed by atoms with Gasteiger partial charge in [-0.2, -0.15) is 5.10 Å². The molecule has 7 atom stereocenters. The van der Waals surface area contributed by atoms with Gasteiger partial charge in [-0.05, 0) is 129 Å². The predicted molar refractivity (Wildman–Crippen MR) is 276 cm³/mol. The van der Waals surface area contributed by atoms with Crippen LogP contribution in [-0.2, 0) is 23.9 Å². The summed E-state index contributed by atoms with van der Waals surface area (Å²) in [7, 11) is 3.36. The lowest BCUT2D eigenvalue weighted by Gasteiger charge is -2.33. The Bertz CT molecular complexity index is 1970. The molecule has 0 bridgehead atoms. The largest absolute Gasteiger partial charge is 0.391 e.